The molecule has 0 fully saturated rings. The standard InChI is InChI=1S/C15H24N4O.HI/c1-4-12-5-7-13(8-6-12)19-15(16)17-10-9-14(20)18-11(2)3;/h5-8,11H,4,9-10H2,1-3H3,(H,18,20)(H3,16,17,19);1H. The van der Waals surface area contributed by atoms with Gasteiger partial charge in [0.2, 0.25) is 5.91 Å². The number of nitrogens with one attached hydrogen (secondary N) is 2. The van der Waals surface area contributed by atoms with Crippen LogP contribution in [-0.2, 0) is 11.2 Å². The Morgan fingerprint density at radius 1 is 1.29 bits per heavy atom. The van der Waals surface area contributed by atoms with Gasteiger partial charge in [0, 0.05) is 18.2 Å². The summed E-state index contributed by atoms with van der Waals surface area (Å²) in [5, 5.41) is 5.81. The molecule has 0 aliphatic carbocycles. The van der Waals surface area contributed by atoms with Gasteiger partial charge >= 0.3 is 0 Å². The summed E-state index contributed by atoms with van der Waals surface area (Å²) in [6, 6.07) is 8.18. The number of carbonyl (C=O) groups is 1. The molecule has 0 saturated carbocycles. The van der Waals surface area contributed by atoms with Gasteiger partial charge in [0.1, 0.15) is 0 Å². The van der Waals surface area contributed by atoms with Gasteiger partial charge in [0.25, 0.3) is 0 Å². The van der Waals surface area contributed by atoms with Crippen molar-refractivity contribution in [3.05, 3.63) is 29.8 Å². The second kappa shape index (κ2) is 10.4. The van der Waals surface area contributed by atoms with Crippen LogP contribution in [0, 0.1) is 0 Å². The van der Waals surface area contributed by atoms with E-state index in [9.17, 15) is 4.79 Å². The maximum atomic E-state index is 11.4. The number of nitrogens with zero attached hydrogens (tertiary/aromatic N) is 1. The van der Waals surface area contributed by atoms with E-state index in [4.69, 9.17) is 5.73 Å². The number of halogens is 1. The molecule has 1 aromatic carbocycles. The fraction of sp³-hybridized carbons (Fsp3) is 0.467. The topological polar surface area (TPSA) is 79.5 Å². The number of aryl methyl sites for hydroxylation is 1. The third-order valence-electron chi connectivity index (χ3n) is 2.71. The van der Waals surface area contributed by atoms with Crippen molar-refractivity contribution in [3.63, 3.8) is 0 Å². The highest BCUT2D eigenvalue weighted by Crippen LogP contribution is 2.09. The number of anilines is 1. The minimum atomic E-state index is -0.0103. The molecule has 21 heavy (non-hydrogen) atoms. The molecule has 0 bridgehead atoms. The summed E-state index contributed by atoms with van der Waals surface area (Å²) in [7, 11) is 0. The van der Waals surface area contributed by atoms with Gasteiger partial charge in [-0.15, -0.1) is 24.0 Å². The molecule has 0 aliphatic heterocycles. The van der Waals surface area contributed by atoms with Crippen molar-refractivity contribution < 1.29 is 4.79 Å². The van der Waals surface area contributed by atoms with Gasteiger partial charge in [-0.25, -0.2) is 0 Å². The molecular formula is C15H25IN4O. The summed E-state index contributed by atoms with van der Waals surface area (Å²) in [4.78, 5) is 15.6. The number of nitrogens with two attached hydrogens (primary N) is 1. The highest BCUT2D eigenvalue weighted by atomic mass is 127. The zero-order valence-electron chi connectivity index (χ0n) is 12.8. The van der Waals surface area contributed by atoms with E-state index in [0.717, 1.165) is 12.1 Å². The van der Waals surface area contributed by atoms with E-state index in [-0.39, 0.29) is 35.9 Å². The number of hydrogen-bond acceptors (Lipinski definition) is 2. The lowest BCUT2D eigenvalue weighted by Crippen LogP contribution is -2.30. The largest absolute Gasteiger partial charge is 0.370 e. The number of rotatable bonds is 6. The number of carbonyl (C=O) groups excluding carboxylic acids is 1. The summed E-state index contributed by atoms with van der Waals surface area (Å²) in [5.74, 6) is 0.315. The fourth-order valence-electron chi connectivity index (χ4n) is 1.68. The van der Waals surface area contributed by atoms with Crippen LogP contribution in [-0.4, -0.2) is 24.5 Å². The Morgan fingerprint density at radius 2 is 1.90 bits per heavy atom. The van der Waals surface area contributed by atoms with E-state index in [1.165, 1.54) is 5.56 Å². The summed E-state index contributed by atoms with van der Waals surface area (Å²) in [6.45, 7) is 6.35. The van der Waals surface area contributed by atoms with Gasteiger partial charge in [0.05, 0.1) is 6.54 Å². The van der Waals surface area contributed by atoms with E-state index in [2.05, 4.69) is 22.5 Å². The minimum absolute atomic E-state index is 0. The predicted octanol–water partition coefficient (Wildman–Crippen LogP) is 2.51. The molecule has 0 saturated heterocycles. The number of aliphatic imine (C=N–C) groups is 1. The second-order valence-electron chi connectivity index (χ2n) is 4.91. The molecule has 1 aromatic rings. The lowest BCUT2D eigenvalue weighted by atomic mass is 10.1. The SMILES string of the molecule is CCc1ccc(NC(N)=NCCC(=O)NC(C)C)cc1.I. The quantitative estimate of drug-likeness (QED) is 0.387. The van der Waals surface area contributed by atoms with Crippen LogP contribution in [0.5, 0.6) is 0 Å². The third kappa shape index (κ3) is 8.54. The van der Waals surface area contributed by atoms with Gasteiger partial charge in [-0.1, -0.05) is 19.1 Å². The van der Waals surface area contributed by atoms with Gasteiger partial charge in [-0.2, -0.15) is 0 Å². The van der Waals surface area contributed by atoms with Crippen LogP contribution in [0.25, 0.3) is 0 Å². The third-order valence-corrected chi connectivity index (χ3v) is 2.71. The maximum absolute atomic E-state index is 11.4. The second-order valence-corrected chi connectivity index (χ2v) is 4.91. The minimum Gasteiger partial charge on any atom is -0.370 e. The maximum Gasteiger partial charge on any atom is 0.222 e. The number of hydrogen-bond donors (Lipinski definition) is 3. The first-order valence-corrected chi connectivity index (χ1v) is 6.96. The molecule has 4 N–H and O–H groups in total. The molecular weight excluding hydrogens is 379 g/mol. The molecule has 6 heteroatoms. The van der Waals surface area contributed by atoms with Crippen molar-refractivity contribution in [3.8, 4) is 0 Å². The van der Waals surface area contributed by atoms with E-state index in [0.29, 0.717) is 18.9 Å². The Hall–Kier alpha value is -1.31. The van der Waals surface area contributed by atoms with Crippen molar-refractivity contribution >= 4 is 41.5 Å². The summed E-state index contributed by atoms with van der Waals surface area (Å²) in [5.41, 5.74) is 7.94. The Morgan fingerprint density at radius 3 is 2.43 bits per heavy atom. The molecule has 0 unspecified atom stereocenters. The van der Waals surface area contributed by atoms with Crippen LogP contribution in [0.4, 0.5) is 5.69 Å². The van der Waals surface area contributed by atoms with Crippen LogP contribution in [0.3, 0.4) is 0 Å². The van der Waals surface area contributed by atoms with Gasteiger partial charge in [-0.05, 0) is 38.0 Å². The highest BCUT2D eigenvalue weighted by molar-refractivity contribution is 14.0. The summed E-state index contributed by atoms with van der Waals surface area (Å²) >= 11 is 0. The number of guanidine groups is 1. The smallest absolute Gasteiger partial charge is 0.222 e. The van der Waals surface area contributed by atoms with Crippen LogP contribution in [0.1, 0.15) is 32.8 Å². The van der Waals surface area contributed by atoms with Crippen molar-refractivity contribution in [2.45, 2.75) is 39.7 Å². The Kier molecular flexibility index (Phi) is 9.77. The average molecular weight is 404 g/mol. The van der Waals surface area contributed by atoms with Crippen LogP contribution >= 0.6 is 24.0 Å². The molecule has 1 rings (SSSR count). The van der Waals surface area contributed by atoms with Crippen LogP contribution in [0.15, 0.2) is 29.3 Å². The Labute approximate surface area is 143 Å². The van der Waals surface area contributed by atoms with Crippen molar-refractivity contribution in [1.29, 1.82) is 0 Å². The number of amides is 1. The van der Waals surface area contributed by atoms with Crippen LogP contribution in [0.2, 0.25) is 0 Å². The predicted molar refractivity (Wildman–Crippen MR) is 99.2 cm³/mol. The van der Waals surface area contributed by atoms with Gasteiger partial charge < -0.3 is 16.4 Å². The molecule has 5 nitrogen and oxygen atoms in total. The lowest BCUT2D eigenvalue weighted by Gasteiger charge is -2.08. The van der Waals surface area contributed by atoms with E-state index < -0.39 is 0 Å². The Bertz CT molecular complexity index is 457. The van der Waals surface area contributed by atoms with E-state index >= 15 is 0 Å². The molecule has 118 valence electrons. The average Bonchev–Trinajstić information content (AvgIpc) is 2.38. The molecule has 0 atom stereocenters. The summed E-state index contributed by atoms with van der Waals surface area (Å²) in [6.07, 6.45) is 1.35. The van der Waals surface area contributed by atoms with Crippen molar-refractivity contribution in [2.75, 3.05) is 11.9 Å². The first-order valence-electron chi connectivity index (χ1n) is 6.96. The zero-order valence-corrected chi connectivity index (χ0v) is 15.2. The molecule has 0 radical (unpaired) electrons. The monoisotopic (exact) mass is 404 g/mol. The first kappa shape index (κ1) is 19.7. The molecule has 0 spiro atoms. The highest BCUT2D eigenvalue weighted by Gasteiger charge is 2.02. The first-order chi connectivity index (χ1) is 9.51. The zero-order chi connectivity index (χ0) is 15.0. The Balaban J connectivity index is 0.00000400. The molecule has 0 aliphatic rings. The molecule has 0 heterocycles. The van der Waals surface area contributed by atoms with E-state index in [1.807, 2.05) is 38.1 Å². The lowest BCUT2D eigenvalue weighted by molar-refractivity contribution is -0.121. The van der Waals surface area contributed by atoms with Gasteiger partial charge in [-0.3, -0.25) is 9.79 Å². The molecule has 1 amide bonds. The van der Waals surface area contributed by atoms with Crippen LogP contribution < -0.4 is 16.4 Å². The van der Waals surface area contributed by atoms with Crippen molar-refractivity contribution in [1.82, 2.24) is 5.32 Å². The normalized spacial score (nSPS) is 11.0. The van der Waals surface area contributed by atoms with E-state index in [1.54, 1.807) is 0 Å². The van der Waals surface area contributed by atoms with Gasteiger partial charge in [0.15, 0.2) is 5.96 Å². The number of benzene rings is 1. The summed E-state index contributed by atoms with van der Waals surface area (Å²) < 4.78 is 0. The van der Waals surface area contributed by atoms with Crippen molar-refractivity contribution in [2.24, 2.45) is 10.7 Å². The fourth-order valence-corrected chi connectivity index (χ4v) is 1.68. The molecule has 0 aromatic heterocycles.